The third-order valence-electron chi connectivity index (χ3n) is 3.51. The molecule has 0 aliphatic rings. The van der Waals surface area contributed by atoms with Gasteiger partial charge in [0.2, 0.25) is 0 Å². The van der Waals surface area contributed by atoms with Crippen molar-refractivity contribution < 1.29 is 9.53 Å². The predicted molar refractivity (Wildman–Crippen MR) is 89.6 cm³/mol. The average Bonchev–Trinajstić information content (AvgIpc) is 2.53. The molecule has 2 rings (SSSR count). The molecular formula is C17H19ClO2Si. The highest BCUT2D eigenvalue weighted by Gasteiger charge is 2.45. The molecule has 0 heterocycles. The van der Waals surface area contributed by atoms with E-state index in [4.69, 9.17) is 15.8 Å². The van der Waals surface area contributed by atoms with Crippen LogP contribution in [0.1, 0.15) is 20.3 Å². The molecule has 0 spiro atoms. The number of rotatable bonds is 5. The second-order valence-electron chi connectivity index (χ2n) is 4.95. The van der Waals surface area contributed by atoms with Crippen LogP contribution in [-0.2, 0) is 9.53 Å². The quantitative estimate of drug-likeness (QED) is 0.481. The van der Waals surface area contributed by atoms with Crippen molar-refractivity contribution in [1.29, 1.82) is 0 Å². The first-order chi connectivity index (χ1) is 10.1. The molecule has 0 aliphatic carbocycles. The molecule has 0 aliphatic heterocycles. The number of benzene rings is 2. The van der Waals surface area contributed by atoms with Crippen LogP contribution in [0.4, 0.5) is 0 Å². The molecule has 0 amide bonds. The molecule has 2 aromatic carbocycles. The second-order valence-corrected chi connectivity index (χ2v) is 9.96. The smallest absolute Gasteiger partial charge is 0.302 e. The third-order valence-corrected chi connectivity index (χ3v) is 9.31. The topological polar surface area (TPSA) is 26.3 Å². The third kappa shape index (κ3) is 3.36. The summed E-state index contributed by atoms with van der Waals surface area (Å²) in [5.41, 5.74) is -0.290. The summed E-state index contributed by atoms with van der Waals surface area (Å²) in [6.07, 6.45) is 0.694. The lowest BCUT2D eigenvalue weighted by Crippen LogP contribution is -2.63. The van der Waals surface area contributed by atoms with Crippen LogP contribution in [0.15, 0.2) is 60.7 Å². The maximum Gasteiger partial charge on any atom is 0.302 e. The maximum absolute atomic E-state index is 11.5. The summed E-state index contributed by atoms with van der Waals surface area (Å²) in [5, 5.41) is 2.12. The second kappa shape index (κ2) is 6.92. The van der Waals surface area contributed by atoms with Crippen molar-refractivity contribution in [3.05, 3.63) is 60.7 Å². The summed E-state index contributed by atoms with van der Waals surface area (Å²) in [7, 11) is -2.66. The van der Waals surface area contributed by atoms with Gasteiger partial charge in [-0.05, 0) is 16.8 Å². The van der Waals surface area contributed by atoms with E-state index in [2.05, 4.69) is 0 Å². The summed E-state index contributed by atoms with van der Waals surface area (Å²) in [5.74, 6) is -0.286. The van der Waals surface area contributed by atoms with E-state index in [1.807, 2.05) is 67.6 Å². The van der Waals surface area contributed by atoms with Gasteiger partial charge in [-0.3, -0.25) is 4.79 Å². The first-order valence-corrected chi connectivity index (χ1v) is 10.1. The standard InChI is InChI=1S/C17H19ClO2Si/c1-3-17(20-14(2)19)21(18,15-10-6-4-7-11-15)16-12-8-5-9-13-16/h4-13,17H,3H2,1-2H3. The molecule has 0 N–H and O–H groups in total. The van der Waals surface area contributed by atoms with Crippen molar-refractivity contribution in [3.63, 3.8) is 0 Å². The number of halogens is 1. The van der Waals surface area contributed by atoms with Gasteiger partial charge in [0.1, 0.15) is 5.73 Å². The molecular weight excluding hydrogens is 300 g/mol. The Morgan fingerprint density at radius 2 is 1.48 bits per heavy atom. The fourth-order valence-electron chi connectivity index (χ4n) is 2.55. The lowest BCUT2D eigenvalue weighted by atomic mass is 10.4. The van der Waals surface area contributed by atoms with E-state index in [0.29, 0.717) is 6.42 Å². The molecule has 2 nitrogen and oxygen atoms in total. The Hall–Kier alpha value is -1.58. The molecule has 110 valence electrons. The number of carbonyl (C=O) groups excluding carboxylic acids is 1. The van der Waals surface area contributed by atoms with Crippen molar-refractivity contribution in [2.75, 3.05) is 0 Å². The van der Waals surface area contributed by atoms with Crippen LogP contribution in [0.3, 0.4) is 0 Å². The van der Waals surface area contributed by atoms with Gasteiger partial charge in [0, 0.05) is 6.92 Å². The molecule has 21 heavy (non-hydrogen) atoms. The van der Waals surface area contributed by atoms with Gasteiger partial charge < -0.3 is 4.74 Å². The molecule has 0 bridgehead atoms. The largest absolute Gasteiger partial charge is 0.464 e. The highest BCUT2D eigenvalue weighted by atomic mass is 35.6. The highest BCUT2D eigenvalue weighted by molar-refractivity contribution is 7.34. The summed E-state index contributed by atoms with van der Waals surface area (Å²) >= 11 is 7.16. The minimum Gasteiger partial charge on any atom is -0.464 e. The predicted octanol–water partition coefficient (Wildman–Crippen LogP) is 2.87. The average molecular weight is 319 g/mol. The fraction of sp³-hybridized carbons (Fsp3) is 0.235. The summed E-state index contributed by atoms with van der Waals surface area (Å²) in [6.45, 7) is 3.44. The Bertz CT molecular complexity index is 547. The van der Waals surface area contributed by atoms with E-state index in [-0.39, 0.29) is 11.7 Å². The number of hydrogen-bond acceptors (Lipinski definition) is 2. The van der Waals surface area contributed by atoms with Crippen LogP contribution in [0, 0.1) is 0 Å². The summed E-state index contributed by atoms with van der Waals surface area (Å²) < 4.78 is 5.56. The van der Waals surface area contributed by atoms with E-state index in [1.54, 1.807) is 0 Å². The Balaban J connectivity index is 2.56. The molecule has 1 unspecified atom stereocenters. The van der Waals surface area contributed by atoms with Crippen molar-refractivity contribution >= 4 is 34.8 Å². The molecule has 0 fully saturated rings. The fourth-order valence-corrected chi connectivity index (χ4v) is 7.22. The molecule has 1 atom stereocenters. The van der Waals surface area contributed by atoms with Gasteiger partial charge in [-0.2, -0.15) is 11.1 Å². The van der Waals surface area contributed by atoms with E-state index in [0.717, 1.165) is 10.4 Å². The van der Waals surface area contributed by atoms with Crippen LogP contribution in [0.2, 0.25) is 0 Å². The molecule has 0 aromatic heterocycles. The molecule has 0 radical (unpaired) electrons. The van der Waals surface area contributed by atoms with Crippen molar-refractivity contribution in [2.45, 2.75) is 26.0 Å². The minimum absolute atomic E-state index is 0.286. The molecule has 0 saturated carbocycles. The van der Waals surface area contributed by atoms with Crippen LogP contribution in [0.5, 0.6) is 0 Å². The highest BCUT2D eigenvalue weighted by Crippen LogP contribution is 2.21. The number of hydrogen-bond donors (Lipinski definition) is 0. The normalized spacial score (nSPS) is 12.7. The summed E-state index contributed by atoms with van der Waals surface area (Å²) in [4.78, 5) is 11.5. The van der Waals surface area contributed by atoms with Crippen LogP contribution in [0.25, 0.3) is 0 Å². The van der Waals surface area contributed by atoms with Crippen LogP contribution >= 0.6 is 11.1 Å². The SMILES string of the molecule is CCC(OC(C)=O)[Si](Cl)(c1ccccc1)c1ccccc1. The Kier molecular flexibility index (Phi) is 5.20. The number of carbonyl (C=O) groups is 1. The van der Waals surface area contributed by atoms with E-state index < -0.39 is 7.38 Å². The van der Waals surface area contributed by atoms with Gasteiger partial charge in [-0.1, -0.05) is 67.6 Å². The van der Waals surface area contributed by atoms with Gasteiger partial charge in [-0.15, -0.1) is 0 Å². The first kappa shape index (κ1) is 15.8. The lowest BCUT2D eigenvalue weighted by molar-refractivity contribution is -0.143. The van der Waals surface area contributed by atoms with Crippen molar-refractivity contribution in [3.8, 4) is 0 Å². The zero-order valence-corrected chi connectivity index (χ0v) is 14.0. The Morgan fingerprint density at radius 3 is 1.81 bits per heavy atom. The molecule has 0 saturated heterocycles. The van der Waals surface area contributed by atoms with Crippen molar-refractivity contribution in [2.24, 2.45) is 0 Å². The lowest BCUT2D eigenvalue weighted by Gasteiger charge is -2.32. The van der Waals surface area contributed by atoms with Gasteiger partial charge in [0.05, 0.1) is 0 Å². The van der Waals surface area contributed by atoms with E-state index >= 15 is 0 Å². The molecule has 4 heteroatoms. The Morgan fingerprint density at radius 1 is 1.05 bits per heavy atom. The zero-order chi connectivity index (χ0) is 15.3. The van der Waals surface area contributed by atoms with Gasteiger partial charge >= 0.3 is 5.97 Å². The van der Waals surface area contributed by atoms with E-state index in [9.17, 15) is 4.79 Å². The number of ether oxygens (including phenoxy) is 1. The van der Waals surface area contributed by atoms with Gasteiger partial charge in [-0.25, -0.2) is 0 Å². The summed E-state index contributed by atoms with van der Waals surface area (Å²) in [6, 6.07) is 19.9. The maximum atomic E-state index is 11.5. The zero-order valence-electron chi connectivity index (χ0n) is 12.3. The van der Waals surface area contributed by atoms with Gasteiger partial charge in [0.15, 0.2) is 0 Å². The van der Waals surface area contributed by atoms with Crippen LogP contribution < -0.4 is 10.4 Å². The monoisotopic (exact) mass is 318 g/mol. The van der Waals surface area contributed by atoms with Gasteiger partial charge in [0.25, 0.3) is 7.38 Å². The molecule has 2 aromatic rings. The van der Waals surface area contributed by atoms with Crippen LogP contribution in [-0.4, -0.2) is 19.1 Å². The minimum atomic E-state index is -2.66. The Labute approximate surface area is 131 Å². The van der Waals surface area contributed by atoms with E-state index in [1.165, 1.54) is 6.92 Å². The number of esters is 1. The van der Waals surface area contributed by atoms with Crippen molar-refractivity contribution in [1.82, 2.24) is 0 Å². The first-order valence-electron chi connectivity index (χ1n) is 7.06.